The van der Waals surface area contributed by atoms with Crippen LogP contribution in [-0.2, 0) is 36.2 Å². The van der Waals surface area contributed by atoms with Crippen molar-refractivity contribution < 1.29 is 46.7 Å². The Labute approximate surface area is 360 Å². The maximum atomic E-state index is 14.3. The number of aryl methyl sites for hydroxylation is 2. The van der Waals surface area contributed by atoms with Crippen molar-refractivity contribution in [3.63, 3.8) is 0 Å². The van der Waals surface area contributed by atoms with Crippen LogP contribution in [0, 0.1) is 23.3 Å². The smallest absolute Gasteiger partial charge is 0.478 e. The number of nitrogens with zero attached hydrogens (tertiary/aromatic N) is 6. The number of aromatic nitrogens is 6. The summed E-state index contributed by atoms with van der Waals surface area (Å²) in [5.74, 6) is -4.90. The molecule has 0 atom stereocenters. The molecule has 62 heavy (non-hydrogen) atoms. The van der Waals surface area contributed by atoms with Gasteiger partial charge in [0.2, 0.25) is 0 Å². The molecule has 0 saturated carbocycles. The van der Waals surface area contributed by atoms with Gasteiger partial charge in [0.1, 0.15) is 40.1 Å². The van der Waals surface area contributed by atoms with Crippen molar-refractivity contribution in [2.75, 3.05) is 23.7 Å². The van der Waals surface area contributed by atoms with Gasteiger partial charge in [0.25, 0.3) is 0 Å². The molecule has 0 radical (unpaired) electrons. The zero-order valence-electron chi connectivity index (χ0n) is 34.6. The highest BCUT2D eigenvalue weighted by molar-refractivity contribution is 6.62. The summed E-state index contributed by atoms with van der Waals surface area (Å²) in [6.45, 7) is 8.80. The van der Waals surface area contributed by atoms with E-state index < -0.39 is 28.7 Å². The van der Waals surface area contributed by atoms with E-state index in [2.05, 4.69) is 30.8 Å². The van der Waals surface area contributed by atoms with Gasteiger partial charge in [-0.05, 0) is 88.1 Å². The lowest BCUT2D eigenvalue weighted by Gasteiger charge is -2.32. The summed E-state index contributed by atoms with van der Waals surface area (Å²) in [6, 6.07) is 13.9. The standard InChI is InChI=1S/C18H16F2N4O2.C14H11ClF2N2O2.C10H17BN2O2/c1-24-10-12(9-22-24)16-15(20)8-14(18(25)26)17(23-16)21-6-5-11-3-2-4-13(19)7-11;15-12-11(17)7-10(14(20)21)13(19-12)18-5-4-8-2-1-3-9(16)6-8;1-9(2)10(3,4)15-11(14-9)8-6-12-13(5)7-8/h2-4,7-10H,5-6H2,1H3,(H,21,23)(H,25,26);1-3,6-7H,4-5H2,(H,18,19)(H,20,21);6-7H,1-5H3. The first kappa shape index (κ1) is 46.8. The minimum atomic E-state index is -1.31. The van der Waals surface area contributed by atoms with Crippen molar-refractivity contribution in [1.29, 1.82) is 0 Å². The molecule has 4 aromatic heterocycles. The van der Waals surface area contributed by atoms with E-state index in [1.165, 1.54) is 35.1 Å². The van der Waals surface area contributed by atoms with Gasteiger partial charge in [0.05, 0.1) is 17.4 Å². The summed E-state index contributed by atoms with van der Waals surface area (Å²) in [5.41, 5.74) is 1.77. The molecule has 7 rings (SSSR count). The van der Waals surface area contributed by atoms with Crippen LogP contribution < -0.4 is 16.1 Å². The lowest BCUT2D eigenvalue weighted by atomic mass is 9.82. The number of rotatable bonds is 12. The van der Waals surface area contributed by atoms with Gasteiger partial charge in [-0.2, -0.15) is 10.2 Å². The van der Waals surface area contributed by atoms with E-state index in [0.29, 0.717) is 31.5 Å². The van der Waals surface area contributed by atoms with Crippen LogP contribution in [0.15, 0.2) is 85.5 Å². The number of carbonyl (C=O) groups is 2. The molecule has 6 aromatic rings. The predicted molar refractivity (Wildman–Crippen MR) is 226 cm³/mol. The Balaban J connectivity index is 0.000000182. The van der Waals surface area contributed by atoms with Gasteiger partial charge in [0, 0.05) is 56.8 Å². The lowest BCUT2D eigenvalue weighted by Crippen LogP contribution is -2.41. The van der Waals surface area contributed by atoms with Crippen molar-refractivity contribution in [2.45, 2.75) is 51.7 Å². The minimum Gasteiger partial charge on any atom is -0.478 e. The van der Waals surface area contributed by atoms with Crippen molar-refractivity contribution >= 4 is 47.8 Å². The van der Waals surface area contributed by atoms with E-state index in [9.17, 15) is 32.3 Å². The molecule has 0 spiro atoms. The average molecular weight is 879 g/mol. The maximum absolute atomic E-state index is 14.3. The Morgan fingerprint density at radius 1 is 0.726 bits per heavy atom. The first-order valence-corrected chi connectivity index (χ1v) is 19.4. The van der Waals surface area contributed by atoms with Gasteiger partial charge in [-0.15, -0.1) is 0 Å². The molecule has 14 nitrogen and oxygen atoms in total. The summed E-state index contributed by atoms with van der Waals surface area (Å²) in [4.78, 5) is 30.2. The zero-order valence-corrected chi connectivity index (χ0v) is 35.3. The molecule has 1 aliphatic rings. The molecule has 1 saturated heterocycles. The number of nitrogens with one attached hydrogen (secondary N) is 2. The van der Waals surface area contributed by atoms with Crippen molar-refractivity contribution in [3.05, 3.63) is 136 Å². The second-order valence-corrected chi connectivity index (χ2v) is 15.4. The summed E-state index contributed by atoms with van der Waals surface area (Å²) >= 11 is 5.54. The number of hydrogen-bond donors (Lipinski definition) is 4. The number of aromatic carboxylic acids is 2. The molecule has 0 amide bonds. The molecule has 5 heterocycles. The number of carboxylic acid groups (broad SMARTS) is 2. The second kappa shape index (κ2) is 20.0. The largest absolute Gasteiger partial charge is 0.498 e. The molecule has 326 valence electrons. The highest BCUT2D eigenvalue weighted by Crippen LogP contribution is 2.36. The number of pyridine rings is 2. The third-order valence-electron chi connectivity index (χ3n) is 9.79. The molecular weight excluding hydrogens is 835 g/mol. The average Bonchev–Trinajstić information content (AvgIpc) is 3.89. The summed E-state index contributed by atoms with van der Waals surface area (Å²) < 4.78 is 68.8. The Hall–Kier alpha value is -6.31. The van der Waals surface area contributed by atoms with E-state index in [-0.39, 0.29) is 58.4 Å². The predicted octanol–water partition coefficient (Wildman–Crippen LogP) is 7.20. The van der Waals surface area contributed by atoms with Crippen molar-refractivity contribution in [2.24, 2.45) is 14.1 Å². The third kappa shape index (κ3) is 12.2. The lowest BCUT2D eigenvalue weighted by molar-refractivity contribution is 0.00578. The van der Waals surface area contributed by atoms with Crippen LogP contribution in [0.1, 0.15) is 59.5 Å². The van der Waals surface area contributed by atoms with E-state index in [1.807, 2.05) is 40.9 Å². The molecule has 20 heteroatoms. The van der Waals surface area contributed by atoms with Crippen LogP contribution in [0.2, 0.25) is 5.15 Å². The molecule has 0 aliphatic carbocycles. The monoisotopic (exact) mass is 878 g/mol. The van der Waals surface area contributed by atoms with Crippen LogP contribution in [0.3, 0.4) is 0 Å². The van der Waals surface area contributed by atoms with Crippen LogP contribution in [0.4, 0.5) is 29.2 Å². The Bertz CT molecular complexity index is 2520. The van der Waals surface area contributed by atoms with Gasteiger partial charge in [0.15, 0.2) is 16.8 Å². The van der Waals surface area contributed by atoms with Gasteiger partial charge >= 0.3 is 19.1 Å². The SMILES string of the molecule is Cn1cc(-c2nc(NCCc3cccc(F)c3)c(C(=O)O)cc2F)cn1.Cn1cc(B2OC(C)(C)C(C)(C)O2)cn1.O=C(O)c1cc(F)c(Cl)nc1NCCc1cccc(F)c1. The number of hydrogen-bond acceptors (Lipinski definition) is 10. The maximum Gasteiger partial charge on any atom is 0.498 e. The van der Waals surface area contributed by atoms with Crippen molar-refractivity contribution in [3.8, 4) is 11.3 Å². The first-order valence-electron chi connectivity index (χ1n) is 19.1. The van der Waals surface area contributed by atoms with E-state index >= 15 is 0 Å². The molecule has 1 fully saturated rings. The second-order valence-electron chi connectivity index (χ2n) is 15.0. The van der Waals surface area contributed by atoms with E-state index in [0.717, 1.165) is 28.7 Å². The summed E-state index contributed by atoms with van der Waals surface area (Å²) in [7, 11) is 3.27. The number of carboxylic acids is 2. The topological polar surface area (TPSA) is 179 Å². The number of anilines is 2. The molecular formula is C42H44BClF4N8O6. The highest BCUT2D eigenvalue weighted by Gasteiger charge is 2.52. The number of halogens is 5. The number of benzene rings is 2. The van der Waals surface area contributed by atoms with Gasteiger partial charge < -0.3 is 30.2 Å². The van der Waals surface area contributed by atoms with Crippen LogP contribution >= 0.6 is 11.6 Å². The third-order valence-corrected chi connectivity index (χ3v) is 10.1. The van der Waals surface area contributed by atoms with Gasteiger partial charge in [-0.25, -0.2) is 37.1 Å². The molecule has 2 aromatic carbocycles. The molecule has 1 aliphatic heterocycles. The van der Waals surface area contributed by atoms with Gasteiger partial charge in [-0.1, -0.05) is 35.9 Å². The zero-order chi connectivity index (χ0) is 45.4. The minimum absolute atomic E-state index is 0.0105. The summed E-state index contributed by atoms with van der Waals surface area (Å²) in [5, 5.41) is 31.6. The van der Waals surface area contributed by atoms with Crippen LogP contribution in [0.25, 0.3) is 11.3 Å². The van der Waals surface area contributed by atoms with Crippen molar-refractivity contribution in [1.82, 2.24) is 29.5 Å². The van der Waals surface area contributed by atoms with Crippen LogP contribution in [-0.4, -0.2) is 83.1 Å². The summed E-state index contributed by atoms with van der Waals surface area (Å²) in [6.07, 6.45) is 7.64. The van der Waals surface area contributed by atoms with E-state index in [4.69, 9.17) is 26.0 Å². The van der Waals surface area contributed by atoms with Crippen LogP contribution in [0.5, 0.6) is 0 Å². The fourth-order valence-corrected chi connectivity index (χ4v) is 6.01. The first-order chi connectivity index (χ1) is 29.2. The highest BCUT2D eigenvalue weighted by atomic mass is 35.5. The Morgan fingerprint density at radius 3 is 1.66 bits per heavy atom. The van der Waals surface area contributed by atoms with E-state index in [1.54, 1.807) is 48.4 Å². The molecule has 4 N–H and O–H groups in total. The van der Waals surface area contributed by atoms with Gasteiger partial charge in [-0.3, -0.25) is 9.36 Å². The fourth-order valence-electron chi connectivity index (χ4n) is 5.87. The Morgan fingerprint density at radius 2 is 1.21 bits per heavy atom. The normalized spacial score (nSPS) is 13.7. The molecule has 0 bridgehead atoms. The quantitative estimate of drug-likeness (QED) is 0.0553. The Kier molecular flexibility index (Phi) is 15.1. The molecule has 0 unspecified atom stereocenters. The fraction of sp³-hybridized carbons (Fsp3) is 0.286.